The molecule has 9 nitrogen and oxygen atoms in total. The number of nitrogens with zero attached hydrogens (tertiary/aromatic N) is 1. The predicted octanol–water partition coefficient (Wildman–Crippen LogP) is 3.57. The van der Waals surface area contributed by atoms with Crippen LogP contribution in [0.3, 0.4) is 0 Å². The molecule has 0 aliphatic heterocycles. The maximum atomic E-state index is 13.2. The number of carbonyl (C=O) groups excluding carboxylic acids is 3. The number of aryl methyl sites for hydroxylation is 3. The summed E-state index contributed by atoms with van der Waals surface area (Å²) < 4.78 is 5.34. The van der Waals surface area contributed by atoms with E-state index in [4.69, 9.17) is 10.00 Å². The molecule has 0 aliphatic rings. The highest BCUT2D eigenvalue weighted by molar-refractivity contribution is 5.91. The van der Waals surface area contributed by atoms with Gasteiger partial charge in [-0.05, 0) is 101 Å². The maximum absolute atomic E-state index is 13.2. The highest BCUT2D eigenvalue weighted by atomic mass is 16.6. The Morgan fingerprint density at radius 3 is 2.18 bits per heavy atom. The van der Waals surface area contributed by atoms with Gasteiger partial charge in [-0.3, -0.25) is 9.59 Å². The lowest BCUT2D eigenvalue weighted by Gasteiger charge is -2.25. The predicted molar refractivity (Wildman–Crippen MR) is 145 cm³/mol. The van der Waals surface area contributed by atoms with Crippen molar-refractivity contribution in [3.8, 4) is 11.8 Å². The van der Waals surface area contributed by atoms with Crippen LogP contribution in [-0.4, -0.2) is 47.2 Å². The van der Waals surface area contributed by atoms with Gasteiger partial charge in [0.05, 0.1) is 11.6 Å². The largest absolute Gasteiger partial charge is 0.508 e. The third kappa shape index (κ3) is 9.77. The molecule has 0 aliphatic carbocycles. The molecule has 0 spiro atoms. The van der Waals surface area contributed by atoms with Crippen LogP contribution in [0.4, 0.5) is 4.79 Å². The van der Waals surface area contributed by atoms with Crippen LogP contribution in [0.15, 0.2) is 36.4 Å². The third-order valence-corrected chi connectivity index (χ3v) is 5.87. The summed E-state index contributed by atoms with van der Waals surface area (Å²) in [5.74, 6) is -0.747. The van der Waals surface area contributed by atoms with Gasteiger partial charge in [-0.2, -0.15) is 5.26 Å². The second-order valence-corrected chi connectivity index (χ2v) is 10.4. The molecule has 38 heavy (non-hydrogen) atoms. The Hall–Kier alpha value is -4.06. The summed E-state index contributed by atoms with van der Waals surface area (Å²) in [7, 11) is 0. The van der Waals surface area contributed by atoms with Crippen molar-refractivity contribution >= 4 is 17.9 Å². The van der Waals surface area contributed by atoms with Gasteiger partial charge in [0, 0.05) is 13.0 Å². The summed E-state index contributed by atoms with van der Waals surface area (Å²) in [5, 5.41) is 26.9. The second-order valence-electron chi connectivity index (χ2n) is 10.4. The summed E-state index contributed by atoms with van der Waals surface area (Å²) in [6.45, 7) is 10.8. The van der Waals surface area contributed by atoms with Crippen molar-refractivity contribution < 1.29 is 24.2 Å². The first-order valence-electron chi connectivity index (χ1n) is 12.6. The van der Waals surface area contributed by atoms with Gasteiger partial charge in [0.1, 0.15) is 23.4 Å². The zero-order valence-electron chi connectivity index (χ0n) is 23.0. The minimum atomic E-state index is -1.00. The van der Waals surface area contributed by atoms with Crippen LogP contribution in [0.1, 0.15) is 61.9 Å². The molecule has 0 radical (unpaired) electrons. The quantitative estimate of drug-likeness (QED) is 0.352. The fourth-order valence-electron chi connectivity index (χ4n) is 3.94. The first-order chi connectivity index (χ1) is 17.8. The van der Waals surface area contributed by atoms with E-state index in [-0.39, 0.29) is 18.1 Å². The smallest absolute Gasteiger partial charge is 0.408 e. The maximum Gasteiger partial charge on any atom is 0.408 e. The van der Waals surface area contributed by atoms with Gasteiger partial charge in [0.25, 0.3) is 0 Å². The lowest BCUT2D eigenvalue weighted by atomic mass is 9.95. The number of hydrogen-bond acceptors (Lipinski definition) is 6. The van der Waals surface area contributed by atoms with Gasteiger partial charge in [0.2, 0.25) is 11.8 Å². The van der Waals surface area contributed by atoms with Gasteiger partial charge in [-0.15, -0.1) is 0 Å². The van der Waals surface area contributed by atoms with E-state index in [0.29, 0.717) is 18.5 Å². The van der Waals surface area contributed by atoms with Crippen LogP contribution in [0.2, 0.25) is 0 Å². The van der Waals surface area contributed by atoms with E-state index in [0.717, 1.165) is 28.7 Å². The topological polar surface area (TPSA) is 141 Å². The molecular formula is C29H38N4O5. The van der Waals surface area contributed by atoms with Crippen molar-refractivity contribution in [3.05, 3.63) is 64.2 Å². The lowest BCUT2D eigenvalue weighted by Crippen LogP contribution is -2.54. The van der Waals surface area contributed by atoms with Crippen LogP contribution in [0.25, 0.3) is 0 Å². The van der Waals surface area contributed by atoms with Crippen molar-refractivity contribution in [2.24, 2.45) is 0 Å². The molecule has 2 rings (SSSR count). The van der Waals surface area contributed by atoms with Crippen molar-refractivity contribution in [3.63, 3.8) is 0 Å². The minimum absolute atomic E-state index is 0.120. The Morgan fingerprint density at radius 2 is 1.63 bits per heavy atom. The number of amides is 3. The molecule has 1 unspecified atom stereocenters. The Bertz CT molecular complexity index is 1160. The first-order valence-corrected chi connectivity index (χ1v) is 12.6. The zero-order chi connectivity index (χ0) is 28.5. The van der Waals surface area contributed by atoms with Crippen molar-refractivity contribution in [1.82, 2.24) is 16.0 Å². The van der Waals surface area contributed by atoms with E-state index in [1.807, 2.05) is 26.0 Å². The first kappa shape index (κ1) is 30.2. The number of aromatic hydroxyl groups is 1. The van der Waals surface area contributed by atoms with Crippen LogP contribution in [0, 0.1) is 25.2 Å². The standard InChI is InChI=1S/C29H38N4O5/c1-18-14-23(34)15-19(2)24(18)16-25(33-28(37)38-29(4,5)6)27(36)32-20(3)26(35)31-13-7-8-21-9-11-22(17-30)12-10-21/h9-12,14-15,20,25,34H,7-8,13,16H2,1-6H3,(H,31,35)(H,32,36)(H,33,37)/t20-,25?/m1/s1. The van der Waals surface area contributed by atoms with E-state index in [9.17, 15) is 19.5 Å². The summed E-state index contributed by atoms with van der Waals surface area (Å²) in [5.41, 5.74) is 3.27. The number of ether oxygens (including phenoxy) is 1. The van der Waals surface area contributed by atoms with Gasteiger partial charge in [-0.1, -0.05) is 12.1 Å². The second kappa shape index (κ2) is 13.5. The highest BCUT2D eigenvalue weighted by Crippen LogP contribution is 2.22. The van der Waals surface area contributed by atoms with Crippen molar-refractivity contribution in [2.75, 3.05) is 6.54 Å². The third-order valence-electron chi connectivity index (χ3n) is 5.87. The average Bonchev–Trinajstić information content (AvgIpc) is 2.82. The molecular weight excluding hydrogens is 484 g/mol. The normalized spacial score (nSPS) is 12.6. The van der Waals surface area contributed by atoms with Crippen molar-refractivity contribution in [1.29, 1.82) is 5.26 Å². The van der Waals surface area contributed by atoms with E-state index < -0.39 is 29.7 Å². The molecule has 0 aromatic heterocycles. The molecule has 4 N–H and O–H groups in total. The molecule has 2 aromatic rings. The summed E-state index contributed by atoms with van der Waals surface area (Å²) in [4.78, 5) is 38.3. The van der Waals surface area contributed by atoms with E-state index in [2.05, 4.69) is 22.0 Å². The van der Waals surface area contributed by atoms with Crippen molar-refractivity contribution in [2.45, 2.75) is 78.5 Å². The van der Waals surface area contributed by atoms with Crippen LogP contribution >= 0.6 is 0 Å². The molecule has 2 atom stereocenters. The Balaban J connectivity index is 2.00. The highest BCUT2D eigenvalue weighted by Gasteiger charge is 2.28. The molecule has 3 amide bonds. The molecule has 204 valence electrons. The minimum Gasteiger partial charge on any atom is -0.508 e. The number of phenolic OH excluding ortho intramolecular Hbond substituents is 1. The number of benzene rings is 2. The van der Waals surface area contributed by atoms with Gasteiger partial charge < -0.3 is 25.8 Å². The number of nitrogens with one attached hydrogen (secondary N) is 3. The Labute approximate surface area is 224 Å². The van der Waals surface area contributed by atoms with Crippen LogP contribution in [-0.2, 0) is 27.2 Å². The lowest BCUT2D eigenvalue weighted by molar-refractivity contribution is -0.129. The number of alkyl carbamates (subject to hydrolysis) is 1. The van der Waals surface area contributed by atoms with Gasteiger partial charge >= 0.3 is 6.09 Å². The van der Waals surface area contributed by atoms with Crippen LogP contribution in [0.5, 0.6) is 5.75 Å². The Morgan fingerprint density at radius 1 is 1.03 bits per heavy atom. The van der Waals surface area contributed by atoms with E-state index >= 15 is 0 Å². The number of carbonyl (C=O) groups is 3. The van der Waals surface area contributed by atoms with E-state index in [1.54, 1.807) is 52.0 Å². The van der Waals surface area contributed by atoms with Crippen LogP contribution < -0.4 is 16.0 Å². The monoisotopic (exact) mass is 522 g/mol. The molecule has 0 saturated carbocycles. The van der Waals surface area contributed by atoms with Gasteiger partial charge in [-0.25, -0.2) is 4.79 Å². The number of phenols is 1. The molecule has 0 bridgehead atoms. The SMILES string of the molecule is Cc1cc(O)cc(C)c1CC(NC(=O)OC(C)(C)C)C(=O)N[C@H](C)C(=O)NCCCc1ccc(C#N)cc1. The summed E-state index contributed by atoms with van der Waals surface area (Å²) >= 11 is 0. The molecule has 9 heteroatoms. The fraction of sp³-hybridized carbons (Fsp3) is 0.448. The summed E-state index contributed by atoms with van der Waals surface area (Å²) in [6.07, 6.45) is 0.842. The zero-order valence-corrected chi connectivity index (χ0v) is 23.0. The molecule has 0 fully saturated rings. The number of hydrogen-bond donors (Lipinski definition) is 4. The molecule has 2 aromatic carbocycles. The molecule has 0 saturated heterocycles. The Kier molecular flexibility index (Phi) is 10.7. The number of nitriles is 1. The van der Waals surface area contributed by atoms with E-state index in [1.165, 1.54) is 0 Å². The fourth-order valence-corrected chi connectivity index (χ4v) is 3.94. The van der Waals surface area contributed by atoms with Gasteiger partial charge in [0.15, 0.2) is 0 Å². The average molecular weight is 523 g/mol. The molecule has 0 heterocycles. The summed E-state index contributed by atoms with van der Waals surface area (Å²) in [6, 6.07) is 10.7. The number of rotatable bonds is 10.